The zero-order valence-electron chi connectivity index (χ0n) is 13.9. The van der Waals surface area contributed by atoms with Gasteiger partial charge < -0.3 is 14.6 Å². The van der Waals surface area contributed by atoms with Crippen molar-refractivity contribution < 1.29 is 9.21 Å². The second-order valence-electron chi connectivity index (χ2n) is 6.36. The van der Waals surface area contributed by atoms with Crippen LogP contribution in [-0.2, 0) is 4.79 Å². The lowest BCUT2D eigenvalue weighted by Crippen LogP contribution is -2.38. The first-order valence-electron chi connectivity index (χ1n) is 8.45. The molecule has 0 atom stereocenters. The number of fused-ring (bicyclic) bond motifs is 1. The van der Waals surface area contributed by atoms with Gasteiger partial charge in [0.25, 0.3) is 0 Å². The molecule has 1 saturated heterocycles. The highest BCUT2D eigenvalue weighted by atomic mass is 35.5. The van der Waals surface area contributed by atoms with Crippen molar-refractivity contribution in [2.45, 2.75) is 12.8 Å². The Morgan fingerprint density at radius 1 is 1.19 bits per heavy atom. The van der Waals surface area contributed by atoms with Gasteiger partial charge in [-0.2, -0.15) is 0 Å². The molecule has 0 bridgehead atoms. The summed E-state index contributed by atoms with van der Waals surface area (Å²) in [5.74, 6) is 0.744. The fraction of sp³-hybridized carbons (Fsp3) is 0.263. The SMILES string of the molecule is O=C(Nc1cc(Cl)c2occc2c1)C1CCN(c2ncccc2Cl)CC1. The number of amides is 1. The molecular formula is C19H17Cl2N3O2. The lowest BCUT2D eigenvalue weighted by Gasteiger charge is -2.32. The average molecular weight is 390 g/mol. The lowest BCUT2D eigenvalue weighted by molar-refractivity contribution is -0.120. The highest BCUT2D eigenvalue weighted by Gasteiger charge is 2.26. The molecule has 4 rings (SSSR count). The Labute approximate surface area is 160 Å². The van der Waals surface area contributed by atoms with Crippen LogP contribution in [0.3, 0.4) is 0 Å². The largest absolute Gasteiger partial charge is 0.463 e. The molecule has 1 aliphatic rings. The number of hydrogen-bond acceptors (Lipinski definition) is 4. The fourth-order valence-electron chi connectivity index (χ4n) is 3.32. The molecular weight excluding hydrogens is 373 g/mol. The van der Waals surface area contributed by atoms with E-state index in [2.05, 4.69) is 15.2 Å². The van der Waals surface area contributed by atoms with Crippen LogP contribution in [0.15, 0.2) is 47.2 Å². The number of carbonyl (C=O) groups is 1. The third-order valence-electron chi connectivity index (χ3n) is 4.68. The summed E-state index contributed by atoms with van der Waals surface area (Å²) in [4.78, 5) is 19.1. The van der Waals surface area contributed by atoms with Crippen molar-refractivity contribution in [1.29, 1.82) is 0 Å². The number of aromatic nitrogens is 1. The smallest absolute Gasteiger partial charge is 0.227 e. The molecule has 1 amide bonds. The summed E-state index contributed by atoms with van der Waals surface area (Å²) >= 11 is 12.4. The zero-order valence-corrected chi connectivity index (χ0v) is 15.4. The van der Waals surface area contributed by atoms with E-state index in [0.29, 0.717) is 21.3 Å². The van der Waals surface area contributed by atoms with E-state index in [1.165, 1.54) is 0 Å². The first kappa shape index (κ1) is 17.2. The van der Waals surface area contributed by atoms with Crippen LogP contribution in [0, 0.1) is 5.92 Å². The number of nitrogens with zero attached hydrogens (tertiary/aromatic N) is 2. The van der Waals surface area contributed by atoms with Crippen LogP contribution in [0.4, 0.5) is 11.5 Å². The number of anilines is 2. The van der Waals surface area contributed by atoms with Gasteiger partial charge in [-0.05, 0) is 43.2 Å². The number of rotatable bonds is 3. The van der Waals surface area contributed by atoms with Gasteiger partial charge in [0, 0.05) is 36.3 Å². The number of piperidine rings is 1. The van der Waals surface area contributed by atoms with Gasteiger partial charge in [-0.15, -0.1) is 0 Å². The Morgan fingerprint density at radius 2 is 2.00 bits per heavy atom. The second kappa shape index (κ2) is 7.17. The Kier molecular flexibility index (Phi) is 4.74. The topological polar surface area (TPSA) is 58.4 Å². The summed E-state index contributed by atoms with van der Waals surface area (Å²) in [5.41, 5.74) is 1.31. The van der Waals surface area contributed by atoms with Gasteiger partial charge in [-0.1, -0.05) is 23.2 Å². The third-order valence-corrected chi connectivity index (χ3v) is 5.25. The molecule has 0 aliphatic carbocycles. The number of benzene rings is 1. The molecule has 2 aromatic heterocycles. The summed E-state index contributed by atoms with van der Waals surface area (Å²) in [7, 11) is 0. The average Bonchev–Trinajstić information content (AvgIpc) is 3.11. The van der Waals surface area contributed by atoms with Crippen molar-refractivity contribution in [3.8, 4) is 0 Å². The maximum Gasteiger partial charge on any atom is 0.227 e. The van der Waals surface area contributed by atoms with Crippen LogP contribution in [0.2, 0.25) is 10.0 Å². The van der Waals surface area contributed by atoms with Crippen LogP contribution < -0.4 is 10.2 Å². The number of pyridine rings is 1. The van der Waals surface area contributed by atoms with Gasteiger partial charge in [0.1, 0.15) is 5.82 Å². The predicted octanol–water partition coefficient (Wildman–Crippen LogP) is 4.99. The van der Waals surface area contributed by atoms with Crippen molar-refractivity contribution in [3.63, 3.8) is 0 Å². The summed E-state index contributed by atoms with van der Waals surface area (Å²) in [5, 5.41) is 4.97. The zero-order chi connectivity index (χ0) is 18.1. The van der Waals surface area contributed by atoms with Gasteiger partial charge in [0.2, 0.25) is 5.91 Å². The van der Waals surface area contributed by atoms with E-state index < -0.39 is 0 Å². The van der Waals surface area contributed by atoms with E-state index in [0.717, 1.165) is 37.1 Å². The van der Waals surface area contributed by atoms with E-state index >= 15 is 0 Å². The quantitative estimate of drug-likeness (QED) is 0.685. The lowest BCUT2D eigenvalue weighted by atomic mass is 9.95. The Balaban J connectivity index is 1.41. The first-order valence-corrected chi connectivity index (χ1v) is 9.20. The minimum Gasteiger partial charge on any atom is -0.463 e. The standard InChI is InChI=1S/C19H17Cl2N3O2/c20-15-2-1-6-22-18(15)24-7-3-12(4-8-24)19(25)23-14-10-13-5-9-26-17(13)16(21)11-14/h1-2,5-6,9-12H,3-4,7-8H2,(H,23,25). The normalized spacial score (nSPS) is 15.4. The van der Waals surface area contributed by atoms with Crippen LogP contribution in [0.5, 0.6) is 0 Å². The fourth-order valence-corrected chi connectivity index (χ4v) is 3.83. The molecule has 1 aliphatic heterocycles. The highest BCUT2D eigenvalue weighted by molar-refractivity contribution is 6.35. The van der Waals surface area contributed by atoms with E-state index in [-0.39, 0.29) is 11.8 Å². The molecule has 5 nitrogen and oxygen atoms in total. The molecule has 134 valence electrons. The summed E-state index contributed by atoms with van der Waals surface area (Å²) in [6.45, 7) is 1.49. The van der Waals surface area contributed by atoms with Gasteiger partial charge in [0.05, 0.1) is 16.3 Å². The molecule has 0 spiro atoms. The number of carbonyl (C=O) groups excluding carboxylic acids is 1. The minimum absolute atomic E-state index is 0.00989. The molecule has 0 saturated carbocycles. The molecule has 26 heavy (non-hydrogen) atoms. The Hall–Kier alpha value is -2.24. The molecule has 3 aromatic rings. The van der Waals surface area contributed by atoms with Crippen LogP contribution >= 0.6 is 23.2 Å². The Morgan fingerprint density at radius 3 is 2.77 bits per heavy atom. The molecule has 3 heterocycles. The maximum absolute atomic E-state index is 12.6. The van der Waals surface area contributed by atoms with E-state index in [1.54, 1.807) is 18.5 Å². The van der Waals surface area contributed by atoms with Crippen LogP contribution in [0.25, 0.3) is 11.0 Å². The van der Waals surface area contributed by atoms with Crippen molar-refractivity contribution in [1.82, 2.24) is 4.98 Å². The highest BCUT2D eigenvalue weighted by Crippen LogP contribution is 2.30. The minimum atomic E-state index is -0.0486. The Bertz CT molecular complexity index is 949. The maximum atomic E-state index is 12.6. The van der Waals surface area contributed by atoms with E-state index in [4.69, 9.17) is 27.6 Å². The molecule has 0 radical (unpaired) electrons. The summed E-state index contributed by atoms with van der Waals surface area (Å²) in [6, 6.07) is 9.05. The van der Waals surface area contributed by atoms with E-state index in [9.17, 15) is 4.79 Å². The van der Waals surface area contributed by atoms with Crippen LogP contribution in [0.1, 0.15) is 12.8 Å². The number of halogens is 2. The number of furan rings is 1. The molecule has 1 N–H and O–H groups in total. The predicted molar refractivity (Wildman–Crippen MR) is 104 cm³/mol. The van der Waals surface area contributed by atoms with E-state index in [1.807, 2.05) is 24.3 Å². The van der Waals surface area contributed by atoms with Gasteiger partial charge >= 0.3 is 0 Å². The third kappa shape index (κ3) is 3.37. The molecule has 1 fully saturated rings. The van der Waals surface area contributed by atoms with Gasteiger partial charge in [0.15, 0.2) is 5.58 Å². The van der Waals surface area contributed by atoms with Crippen LogP contribution in [-0.4, -0.2) is 24.0 Å². The number of hydrogen-bond donors (Lipinski definition) is 1. The second-order valence-corrected chi connectivity index (χ2v) is 7.17. The first-order chi connectivity index (χ1) is 12.6. The van der Waals surface area contributed by atoms with Crippen molar-refractivity contribution in [2.24, 2.45) is 5.92 Å². The van der Waals surface area contributed by atoms with Gasteiger partial charge in [-0.25, -0.2) is 4.98 Å². The molecule has 7 heteroatoms. The number of nitrogens with one attached hydrogen (secondary N) is 1. The van der Waals surface area contributed by atoms with Crippen molar-refractivity contribution >= 4 is 51.6 Å². The molecule has 1 aromatic carbocycles. The van der Waals surface area contributed by atoms with Crippen molar-refractivity contribution in [3.05, 3.63) is 52.8 Å². The van der Waals surface area contributed by atoms with Gasteiger partial charge in [-0.3, -0.25) is 4.79 Å². The van der Waals surface area contributed by atoms with Crippen molar-refractivity contribution in [2.75, 3.05) is 23.3 Å². The summed E-state index contributed by atoms with van der Waals surface area (Å²) in [6.07, 6.45) is 4.82. The monoisotopic (exact) mass is 389 g/mol. The summed E-state index contributed by atoms with van der Waals surface area (Å²) < 4.78 is 5.32. The molecule has 0 unspecified atom stereocenters.